The first kappa shape index (κ1) is 14.1. The monoisotopic (exact) mass is 312 g/mol. The van der Waals surface area contributed by atoms with Crippen molar-refractivity contribution < 1.29 is 9.47 Å². The minimum Gasteiger partial charge on any atom is -0.492 e. The van der Waals surface area contributed by atoms with E-state index in [1.54, 1.807) is 26.4 Å². The Labute approximate surface area is 138 Å². The molecule has 4 rings (SSSR count). The van der Waals surface area contributed by atoms with Gasteiger partial charge in [-0.3, -0.25) is 0 Å². The first-order chi connectivity index (χ1) is 11.7. The van der Waals surface area contributed by atoms with Crippen LogP contribution in [-0.4, -0.2) is 14.2 Å². The summed E-state index contributed by atoms with van der Waals surface area (Å²) in [7, 11) is 3.21. The molecule has 0 N–H and O–H groups in total. The second-order valence-corrected chi connectivity index (χ2v) is 5.52. The summed E-state index contributed by atoms with van der Waals surface area (Å²) in [5.74, 6) is 1.27. The fraction of sp³-hybridized carbons (Fsp3) is 0.100. The van der Waals surface area contributed by atoms with Crippen molar-refractivity contribution in [1.82, 2.24) is 0 Å². The van der Waals surface area contributed by atoms with Gasteiger partial charge >= 0.3 is 0 Å². The molecule has 0 atom stereocenters. The summed E-state index contributed by atoms with van der Waals surface area (Å²) in [5, 5.41) is 24.2. The molecule has 0 unspecified atom stereocenters. The van der Waals surface area contributed by atoms with E-state index in [4.69, 9.17) is 9.47 Å². The van der Waals surface area contributed by atoms with Crippen LogP contribution in [0.25, 0.3) is 32.3 Å². The van der Waals surface area contributed by atoms with Gasteiger partial charge in [0.2, 0.25) is 0 Å². The zero-order valence-electron chi connectivity index (χ0n) is 13.2. The summed E-state index contributed by atoms with van der Waals surface area (Å²) in [6.07, 6.45) is 0. The van der Waals surface area contributed by atoms with Gasteiger partial charge in [-0.05, 0) is 24.3 Å². The van der Waals surface area contributed by atoms with Crippen LogP contribution in [0.1, 0.15) is 11.1 Å². The summed E-state index contributed by atoms with van der Waals surface area (Å²) >= 11 is 0. The molecule has 0 aliphatic carbocycles. The highest BCUT2D eigenvalue weighted by atomic mass is 16.5. The zero-order valence-corrected chi connectivity index (χ0v) is 13.2. The van der Waals surface area contributed by atoms with E-state index in [0.29, 0.717) is 22.6 Å². The standard InChI is InChI=1S/C20H12N2O2/c1-23-19-15-5-3-11(9-21)13-7-8-14-12(10-22)4-6-16(20(19)24-2)18(14)17(13)15/h3-8H,1-2H3. The Hall–Kier alpha value is -3.50. The van der Waals surface area contributed by atoms with Crippen LogP contribution >= 0.6 is 0 Å². The molecule has 0 aliphatic heterocycles. The number of methoxy groups -OCH3 is 2. The third-order valence-electron chi connectivity index (χ3n) is 4.50. The molecule has 0 spiro atoms. The first-order valence-electron chi connectivity index (χ1n) is 7.40. The Balaban J connectivity index is 2.43. The van der Waals surface area contributed by atoms with Crippen molar-refractivity contribution >= 4 is 32.3 Å². The molecular weight excluding hydrogens is 300 g/mol. The summed E-state index contributed by atoms with van der Waals surface area (Å²) in [6, 6.07) is 15.6. The largest absolute Gasteiger partial charge is 0.492 e. The lowest BCUT2D eigenvalue weighted by Crippen LogP contribution is -1.97. The molecule has 24 heavy (non-hydrogen) atoms. The molecule has 0 aliphatic rings. The van der Waals surface area contributed by atoms with Crippen molar-refractivity contribution in [3.63, 3.8) is 0 Å². The third-order valence-corrected chi connectivity index (χ3v) is 4.50. The maximum Gasteiger partial charge on any atom is 0.169 e. The van der Waals surface area contributed by atoms with Gasteiger partial charge in [0, 0.05) is 32.3 Å². The van der Waals surface area contributed by atoms with E-state index < -0.39 is 0 Å². The molecule has 4 heteroatoms. The van der Waals surface area contributed by atoms with Crippen molar-refractivity contribution in [1.29, 1.82) is 10.5 Å². The van der Waals surface area contributed by atoms with Gasteiger partial charge in [0.05, 0.1) is 37.5 Å². The second kappa shape index (κ2) is 5.01. The summed E-state index contributed by atoms with van der Waals surface area (Å²) in [5.41, 5.74) is 1.19. The molecule has 0 saturated heterocycles. The molecule has 0 fully saturated rings. The van der Waals surface area contributed by atoms with Crippen molar-refractivity contribution in [2.24, 2.45) is 0 Å². The highest BCUT2D eigenvalue weighted by Crippen LogP contribution is 2.48. The fourth-order valence-corrected chi connectivity index (χ4v) is 3.51. The number of hydrogen-bond acceptors (Lipinski definition) is 4. The fourth-order valence-electron chi connectivity index (χ4n) is 3.51. The highest BCUT2D eigenvalue weighted by molar-refractivity contribution is 6.28. The molecule has 0 bridgehead atoms. The molecule has 114 valence electrons. The van der Waals surface area contributed by atoms with Crippen LogP contribution in [-0.2, 0) is 0 Å². The smallest absolute Gasteiger partial charge is 0.169 e. The van der Waals surface area contributed by atoms with E-state index in [-0.39, 0.29) is 0 Å². The lowest BCUT2D eigenvalue weighted by molar-refractivity contribution is 0.362. The summed E-state index contributed by atoms with van der Waals surface area (Å²) < 4.78 is 11.2. The highest BCUT2D eigenvalue weighted by Gasteiger charge is 2.21. The van der Waals surface area contributed by atoms with Crippen LogP contribution in [0.4, 0.5) is 0 Å². The summed E-state index contributed by atoms with van der Waals surface area (Å²) in [6.45, 7) is 0. The van der Waals surface area contributed by atoms with Gasteiger partial charge in [0.25, 0.3) is 0 Å². The van der Waals surface area contributed by atoms with Gasteiger partial charge in [0.15, 0.2) is 11.5 Å². The SMILES string of the molecule is COc1c(OC)c2ccc(C#N)c3ccc4c(C#N)ccc1c4c32. The lowest BCUT2D eigenvalue weighted by Gasteiger charge is -2.18. The molecule has 0 heterocycles. The van der Waals surface area contributed by atoms with Gasteiger partial charge < -0.3 is 9.47 Å². The van der Waals surface area contributed by atoms with Gasteiger partial charge in [-0.25, -0.2) is 0 Å². The Bertz CT molecular complexity index is 1100. The Morgan fingerprint density at radius 3 is 1.33 bits per heavy atom. The van der Waals surface area contributed by atoms with Gasteiger partial charge in [-0.1, -0.05) is 12.1 Å². The number of nitriles is 2. The third kappa shape index (κ3) is 1.60. The first-order valence-corrected chi connectivity index (χ1v) is 7.40. The average molecular weight is 312 g/mol. The number of ether oxygens (including phenoxy) is 2. The van der Waals surface area contributed by atoms with Crippen LogP contribution in [0.3, 0.4) is 0 Å². The number of rotatable bonds is 2. The number of nitrogens with zero attached hydrogens (tertiary/aromatic N) is 2. The topological polar surface area (TPSA) is 66.0 Å². The maximum atomic E-state index is 9.44. The molecule has 0 saturated carbocycles. The van der Waals surface area contributed by atoms with Crippen LogP contribution in [0.2, 0.25) is 0 Å². The quantitative estimate of drug-likeness (QED) is 0.516. The van der Waals surface area contributed by atoms with E-state index in [9.17, 15) is 10.5 Å². The molecular formula is C20H12N2O2. The van der Waals surface area contributed by atoms with Crippen LogP contribution in [0.5, 0.6) is 11.5 Å². The average Bonchev–Trinajstić information content (AvgIpc) is 2.64. The lowest BCUT2D eigenvalue weighted by atomic mass is 9.89. The minimum absolute atomic E-state index is 0.597. The van der Waals surface area contributed by atoms with Gasteiger partial charge in [-0.15, -0.1) is 0 Å². The predicted octanol–water partition coefficient (Wildman–Crippen LogP) is 4.34. The molecule has 4 aromatic rings. The van der Waals surface area contributed by atoms with E-state index in [1.807, 2.05) is 24.3 Å². The second-order valence-electron chi connectivity index (χ2n) is 5.52. The van der Waals surface area contributed by atoms with Crippen molar-refractivity contribution in [3.05, 3.63) is 47.5 Å². The van der Waals surface area contributed by atoms with E-state index in [1.165, 1.54) is 0 Å². The Morgan fingerprint density at radius 2 is 1.00 bits per heavy atom. The zero-order chi connectivity index (χ0) is 16.8. The van der Waals surface area contributed by atoms with Gasteiger partial charge in [-0.2, -0.15) is 10.5 Å². The van der Waals surface area contributed by atoms with Gasteiger partial charge in [0.1, 0.15) is 0 Å². The molecule has 0 radical (unpaired) electrons. The summed E-state index contributed by atoms with van der Waals surface area (Å²) in [4.78, 5) is 0. The molecule has 4 nitrogen and oxygen atoms in total. The van der Waals surface area contributed by atoms with Crippen molar-refractivity contribution in [2.75, 3.05) is 14.2 Å². The molecule has 4 aromatic carbocycles. The van der Waals surface area contributed by atoms with Crippen LogP contribution < -0.4 is 9.47 Å². The van der Waals surface area contributed by atoms with Crippen LogP contribution in [0, 0.1) is 22.7 Å². The number of hydrogen-bond donors (Lipinski definition) is 0. The Kier molecular flexibility index (Phi) is 2.95. The minimum atomic E-state index is 0.597. The molecule has 0 aromatic heterocycles. The maximum absolute atomic E-state index is 9.44. The molecule has 0 amide bonds. The van der Waals surface area contributed by atoms with Crippen molar-refractivity contribution in [2.45, 2.75) is 0 Å². The van der Waals surface area contributed by atoms with E-state index in [0.717, 1.165) is 32.3 Å². The van der Waals surface area contributed by atoms with E-state index >= 15 is 0 Å². The Morgan fingerprint density at radius 1 is 0.625 bits per heavy atom. The van der Waals surface area contributed by atoms with E-state index in [2.05, 4.69) is 12.1 Å². The van der Waals surface area contributed by atoms with Crippen LogP contribution in [0.15, 0.2) is 36.4 Å². The predicted molar refractivity (Wildman–Crippen MR) is 92.7 cm³/mol. The van der Waals surface area contributed by atoms with Crippen molar-refractivity contribution in [3.8, 4) is 23.6 Å². The normalized spacial score (nSPS) is 10.8. The number of benzene rings is 4.